The van der Waals surface area contributed by atoms with Crippen molar-refractivity contribution >= 4 is 23.2 Å². The lowest BCUT2D eigenvalue weighted by Crippen LogP contribution is -2.23. The molecule has 2 aromatic carbocycles. The first-order valence-corrected chi connectivity index (χ1v) is 6.20. The minimum absolute atomic E-state index is 0.0658. The Kier molecular flexibility index (Phi) is 2.60. The Morgan fingerprint density at radius 2 is 1.94 bits per heavy atom. The van der Waals surface area contributed by atoms with Gasteiger partial charge in [0.25, 0.3) is 5.91 Å². The number of nitrogens with zero attached hydrogens (tertiary/aromatic N) is 1. The van der Waals surface area contributed by atoms with Gasteiger partial charge < -0.3 is 4.90 Å². The van der Waals surface area contributed by atoms with Crippen LogP contribution < -0.4 is 4.90 Å². The van der Waals surface area contributed by atoms with E-state index >= 15 is 0 Å². The van der Waals surface area contributed by atoms with Gasteiger partial charge in [-0.3, -0.25) is 4.79 Å². The van der Waals surface area contributed by atoms with Gasteiger partial charge in [0.1, 0.15) is 0 Å². The molecule has 1 aliphatic rings. The van der Waals surface area contributed by atoms with E-state index in [-0.39, 0.29) is 5.91 Å². The van der Waals surface area contributed by atoms with E-state index in [0.717, 1.165) is 22.4 Å². The molecule has 0 unspecified atom stereocenters. The summed E-state index contributed by atoms with van der Waals surface area (Å²) in [6, 6.07) is 13.3. The summed E-state index contributed by atoms with van der Waals surface area (Å²) >= 11 is 5.95. The number of hydrogen-bond donors (Lipinski definition) is 0. The maximum atomic E-state index is 12.3. The summed E-state index contributed by atoms with van der Waals surface area (Å²) in [5, 5.41) is 0.695. The molecular weight excluding hydrogens is 246 g/mol. The largest absolute Gasteiger partial charge is 0.304 e. The molecule has 0 radical (unpaired) electrons. The Morgan fingerprint density at radius 3 is 2.67 bits per heavy atom. The van der Waals surface area contributed by atoms with Crippen LogP contribution in [-0.2, 0) is 6.54 Å². The summed E-state index contributed by atoms with van der Waals surface area (Å²) in [6.07, 6.45) is 0. The average Bonchev–Trinajstić information content (AvgIpc) is 2.68. The van der Waals surface area contributed by atoms with Crippen molar-refractivity contribution in [2.24, 2.45) is 0 Å². The number of rotatable bonds is 1. The number of hydrogen-bond acceptors (Lipinski definition) is 1. The molecule has 1 heterocycles. The number of amides is 1. The first-order valence-electron chi connectivity index (χ1n) is 5.83. The first kappa shape index (κ1) is 11.3. The first-order chi connectivity index (χ1) is 8.66. The number of aryl methyl sites for hydroxylation is 1. The Bertz CT molecular complexity index is 636. The van der Waals surface area contributed by atoms with E-state index in [1.807, 2.05) is 49.4 Å². The van der Waals surface area contributed by atoms with Crippen LogP contribution in [-0.4, -0.2) is 5.91 Å². The highest BCUT2D eigenvalue weighted by atomic mass is 35.5. The van der Waals surface area contributed by atoms with Gasteiger partial charge in [-0.25, -0.2) is 0 Å². The molecule has 0 fully saturated rings. The summed E-state index contributed by atoms with van der Waals surface area (Å²) in [7, 11) is 0. The van der Waals surface area contributed by atoms with E-state index in [9.17, 15) is 4.79 Å². The number of halogens is 1. The van der Waals surface area contributed by atoms with Crippen LogP contribution in [0.4, 0.5) is 5.69 Å². The Morgan fingerprint density at radius 1 is 1.17 bits per heavy atom. The van der Waals surface area contributed by atoms with Gasteiger partial charge in [-0.2, -0.15) is 0 Å². The van der Waals surface area contributed by atoms with Crippen LogP contribution in [0.15, 0.2) is 42.5 Å². The Hall–Kier alpha value is -1.80. The Balaban J connectivity index is 2.04. The minimum Gasteiger partial charge on any atom is -0.304 e. The fourth-order valence-corrected chi connectivity index (χ4v) is 2.60. The van der Waals surface area contributed by atoms with Crippen molar-refractivity contribution in [2.75, 3.05) is 4.90 Å². The molecule has 2 nitrogen and oxygen atoms in total. The van der Waals surface area contributed by atoms with Gasteiger partial charge in [-0.15, -0.1) is 0 Å². The van der Waals surface area contributed by atoms with Crippen molar-refractivity contribution in [1.82, 2.24) is 0 Å². The van der Waals surface area contributed by atoms with Crippen molar-refractivity contribution < 1.29 is 4.79 Å². The lowest BCUT2D eigenvalue weighted by molar-refractivity contribution is 0.0996. The monoisotopic (exact) mass is 257 g/mol. The standard InChI is InChI=1S/C15H12ClNO/c1-10-8-12(16)6-7-14(10)17-9-11-4-2-3-5-13(11)15(17)18/h2-8H,9H2,1H3. The highest BCUT2D eigenvalue weighted by Gasteiger charge is 2.28. The maximum Gasteiger partial charge on any atom is 0.258 e. The van der Waals surface area contributed by atoms with Crippen molar-refractivity contribution in [3.05, 3.63) is 64.2 Å². The van der Waals surface area contributed by atoms with Crippen LogP contribution >= 0.6 is 11.6 Å². The zero-order valence-electron chi connectivity index (χ0n) is 9.98. The molecular formula is C15H12ClNO. The number of benzene rings is 2. The van der Waals surface area contributed by atoms with E-state index in [1.165, 1.54) is 0 Å². The molecule has 0 bridgehead atoms. The second-order valence-electron chi connectivity index (χ2n) is 4.48. The molecule has 3 rings (SSSR count). The van der Waals surface area contributed by atoms with Crippen molar-refractivity contribution in [2.45, 2.75) is 13.5 Å². The summed E-state index contributed by atoms with van der Waals surface area (Å²) < 4.78 is 0. The van der Waals surface area contributed by atoms with Crippen LogP contribution in [0, 0.1) is 6.92 Å². The third kappa shape index (κ3) is 1.70. The van der Waals surface area contributed by atoms with Gasteiger partial charge in [0.15, 0.2) is 0 Å². The van der Waals surface area contributed by atoms with Crippen molar-refractivity contribution in [3.63, 3.8) is 0 Å². The summed E-state index contributed by atoms with van der Waals surface area (Å²) in [5.41, 5.74) is 3.83. The number of carbonyl (C=O) groups is 1. The summed E-state index contributed by atoms with van der Waals surface area (Å²) in [4.78, 5) is 14.1. The second kappa shape index (κ2) is 4.14. The normalized spacial score (nSPS) is 13.9. The van der Waals surface area contributed by atoms with Gasteiger partial charge >= 0.3 is 0 Å². The van der Waals surface area contributed by atoms with Gasteiger partial charge in [-0.05, 0) is 42.3 Å². The molecule has 0 atom stereocenters. The van der Waals surface area contributed by atoms with Gasteiger partial charge in [0, 0.05) is 16.3 Å². The molecule has 0 aromatic heterocycles. The van der Waals surface area contributed by atoms with Crippen LogP contribution in [0.5, 0.6) is 0 Å². The van der Waals surface area contributed by atoms with Crippen LogP contribution in [0.2, 0.25) is 5.02 Å². The third-order valence-electron chi connectivity index (χ3n) is 3.27. The van der Waals surface area contributed by atoms with E-state index < -0.39 is 0 Å². The number of anilines is 1. The Labute approximate surface area is 111 Å². The van der Waals surface area contributed by atoms with E-state index in [4.69, 9.17) is 11.6 Å². The number of fused-ring (bicyclic) bond motifs is 1. The molecule has 0 saturated heterocycles. The molecule has 3 heteroatoms. The molecule has 0 N–H and O–H groups in total. The van der Waals surface area contributed by atoms with Gasteiger partial charge in [0.05, 0.1) is 6.54 Å². The van der Waals surface area contributed by atoms with Gasteiger partial charge in [0.2, 0.25) is 0 Å². The summed E-state index contributed by atoms with van der Waals surface area (Å²) in [6.45, 7) is 2.61. The molecule has 1 amide bonds. The molecule has 18 heavy (non-hydrogen) atoms. The second-order valence-corrected chi connectivity index (χ2v) is 4.92. The summed E-state index contributed by atoms with van der Waals surface area (Å²) in [5.74, 6) is 0.0658. The molecule has 0 saturated carbocycles. The average molecular weight is 258 g/mol. The smallest absolute Gasteiger partial charge is 0.258 e. The lowest BCUT2D eigenvalue weighted by Gasteiger charge is -2.18. The van der Waals surface area contributed by atoms with E-state index in [0.29, 0.717) is 11.6 Å². The van der Waals surface area contributed by atoms with E-state index in [2.05, 4.69) is 0 Å². The fraction of sp³-hybridized carbons (Fsp3) is 0.133. The van der Waals surface area contributed by atoms with Crippen molar-refractivity contribution in [3.8, 4) is 0 Å². The minimum atomic E-state index is 0.0658. The SMILES string of the molecule is Cc1cc(Cl)ccc1N1Cc2ccccc2C1=O. The molecule has 0 spiro atoms. The predicted octanol–water partition coefficient (Wildman–Crippen LogP) is 3.81. The zero-order valence-corrected chi connectivity index (χ0v) is 10.7. The molecule has 90 valence electrons. The van der Waals surface area contributed by atoms with Crippen LogP contribution in [0.25, 0.3) is 0 Å². The highest BCUT2D eigenvalue weighted by Crippen LogP contribution is 2.31. The van der Waals surface area contributed by atoms with E-state index in [1.54, 1.807) is 4.90 Å². The van der Waals surface area contributed by atoms with Crippen LogP contribution in [0.1, 0.15) is 21.5 Å². The number of carbonyl (C=O) groups excluding carboxylic acids is 1. The van der Waals surface area contributed by atoms with Crippen LogP contribution in [0.3, 0.4) is 0 Å². The lowest BCUT2D eigenvalue weighted by atomic mass is 10.1. The zero-order chi connectivity index (χ0) is 12.7. The molecule has 1 aliphatic heterocycles. The topological polar surface area (TPSA) is 20.3 Å². The third-order valence-corrected chi connectivity index (χ3v) is 3.51. The van der Waals surface area contributed by atoms with Crippen molar-refractivity contribution in [1.29, 1.82) is 0 Å². The molecule has 0 aliphatic carbocycles. The maximum absolute atomic E-state index is 12.3. The van der Waals surface area contributed by atoms with Gasteiger partial charge in [-0.1, -0.05) is 29.8 Å². The fourth-order valence-electron chi connectivity index (χ4n) is 2.37. The highest BCUT2D eigenvalue weighted by molar-refractivity contribution is 6.30. The molecule has 2 aromatic rings. The quantitative estimate of drug-likeness (QED) is 0.761. The predicted molar refractivity (Wildman–Crippen MR) is 73.1 cm³/mol.